The number of aromatic hydroxyl groups is 1. The monoisotopic (exact) mass is 1370 g/mol. The largest absolute Gasteiger partial charge is 0.504 e. The maximum Gasteiger partial charge on any atom is 0.417 e. The smallest absolute Gasteiger partial charge is 0.417 e. The summed E-state index contributed by atoms with van der Waals surface area (Å²) in [4.78, 5) is 27.8. The van der Waals surface area contributed by atoms with Crippen molar-refractivity contribution >= 4 is 23.2 Å². The Kier molecular flexibility index (Phi) is 19.8. The number of phenols is 1. The molecule has 0 saturated carbocycles. The van der Waals surface area contributed by atoms with Crippen LogP contribution in [0.3, 0.4) is 0 Å². The lowest BCUT2D eigenvalue weighted by molar-refractivity contribution is -0.138. The van der Waals surface area contributed by atoms with Gasteiger partial charge in [0.2, 0.25) is 0 Å². The number of halogens is 18. The summed E-state index contributed by atoms with van der Waals surface area (Å²) in [6, 6.07) is 15.6. The number of hydrogen-bond donors (Lipinski definition) is 2. The Labute approximate surface area is 530 Å². The first-order chi connectivity index (χ1) is 44.5. The number of phenolic OH excluding ortho intramolecular Hbond substituents is 1. The average Bonchev–Trinajstić information content (AvgIpc) is 1.67. The number of pyridine rings is 3. The first-order valence-electron chi connectivity index (χ1n) is 29.8. The average molecular weight is 1370 g/mol. The fourth-order valence-electron chi connectivity index (χ4n) is 13.1. The SMILES string of the molecule is CC(C)=NOc1cc(C(F)(F)F)ccc1OC1C[C@H]2CC[C@@H](C1)N2c1ccc(C(F)(F)F)cn1.NOc1cc(C(F)(F)F)ccc1OC1C[C@H]2CC[C@@H](C1)N2c1ccc(C(F)(F)F)cn1.Oc1cc(C(F)(F)F)ccc1OC1C[C@H]2CC[C@@H](C1)N2c1ccc(C(F)(F)F)cn1. The number of hydrogen-bond acceptors (Lipinski definition) is 14. The van der Waals surface area contributed by atoms with Gasteiger partial charge in [-0.25, -0.2) is 15.0 Å². The van der Waals surface area contributed by atoms with Crippen molar-refractivity contribution in [2.45, 2.75) is 183 Å². The second-order valence-corrected chi connectivity index (χ2v) is 24.0. The van der Waals surface area contributed by atoms with Gasteiger partial charge in [-0.1, -0.05) is 5.16 Å². The molecule has 0 radical (unpaired) electrons. The molecular formula is C63H60F18N8O6. The van der Waals surface area contributed by atoms with Crippen molar-refractivity contribution in [2.24, 2.45) is 11.1 Å². The molecule has 95 heavy (non-hydrogen) atoms. The van der Waals surface area contributed by atoms with E-state index in [4.69, 9.17) is 24.9 Å². The second kappa shape index (κ2) is 27.1. The van der Waals surface area contributed by atoms with Gasteiger partial charge in [-0.15, -0.1) is 0 Å². The van der Waals surface area contributed by atoms with Gasteiger partial charge in [0.15, 0.2) is 34.5 Å². The number of ether oxygens (including phenoxy) is 3. The summed E-state index contributed by atoms with van der Waals surface area (Å²) in [5.74, 6) is 5.87. The summed E-state index contributed by atoms with van der Waals surface area (Å²) in [7, 11) is 0. The van der Waals surface area contributed by atoms with Crippen molar-refractivity contribution in [3.63, 3.8) is 0 Å². The number of nitrogens with two attached hydrogens (primary N) is 1. The standard InChI is InChI=1S/C23H23F6N3O2.C20H19F6N3O2.C20H18F6N2O2/c1-13(2)31-34-20-9-14(22(24,25)26)3-7-19(20)33-18-10-16-5-6-17(11-18)32(16)21-8-4-15(12-30-21)23(27,28)29;21-19(22,23)11-1-5-16(17(7-11)31-27)30-15-8-13-3-4-14(9-15)29(13)18-6-2-12(10-28-18)20(24,25)26;21-19(22,23)11-1-5-17(16(29)7-11)30-15-8-13-3-4-14(9-15)28(13)18-6-2-12(10-27-18)20(24,25)26/h3-4,7-9,12,16-18H,5-6,10-11H2,1-2H3;1-2,5-7,10,13-15H,3-4,8-9,27H2;1-2,5-7,10,13-15,29H,3-4,8-9H2/t16-,17+,18?;2*13-,14+,15?. The van der Waals surface area contributed by atoms with E-state index >= 15 is 0 Å². The molecule has 0 spiro atoms. The highest BCUT2D eigenvalue weighted by molar-refractivity contribution is 5.78. The fraction of sp³-hybridized carbons (Fsp3) is 0.460. The van der Waals surface area contributed by atoms with Crippen molar-refractivity contribution in [1.29, 1.82) is 0 Å². The Morgan fingerprint density at radius 2 is 0.663 bits per heavy atom. The Hall–Kier alpha value is -8.32. The molecule has 3 N–H and O–H groups in total. The van der Waals surface area contributed by atoms with Gasteiger partial charge in [0.05, 0.1) is 39.1 Å². The highest BCUT2D eigenvalue weighted by atomic mass is 19.4. The van der Waals surface area contributed by atoms with E-state index in [2.05, 4.69) is 24.9 Å². The van der Waals surface area contributed by atoms with Crippen LogP contribution in [0.15, 0.2) is 115 Å². The Morgan fingerprint density at radius 1 is 0.389 bits per heavy atom. The van der Waals surface area contributed by atoms with Crippen LogP contribution in [0.4, 0.5) is 96.5 Å². The van der Waals surface area contributed by atoms with Gasteiger partial charge in [-0.3, -0.25) is 0 Å². The molecule has 6 bridgehead atoms. The van der Waals surface area contributed by atoms with Gasteiger partial charge in [-0.05, 0) is 143 Å². The van der Waals surface area contributed by atoms with E-state index in [1.165, 1.54) is 30.3 Å². The zero-order valence-electron chi connectivity index (χ0n) is 50.1. The fourth-order valence-corrected chi connectivity index (χ4v) is 13.1. The van der Waals surface area contributed by atoms with Gasteiger partial charge >= 0.3 is 37.1 Å². The summed E-state index contributed by atoms with van der Waals surface area (Å²) in [5.41, 5.74) is -4.63. The highest BCUT2D eigenvalue weighted by Gasteiger charge is 2.47. The molecule has 6 fully saturated rings. The van der Waals surface area contributed by atoms with E-state index < -0.39 is 76.2 Å². The third-order valence-corrected chi connectivity index (χ3v) is 17.3. The van der Waals surface area contributed by atoms with Crippen LogP contribution in [0.5, 0.6) is 34.5 Å². The molecule has 3 aromatic carbocycles. The molecule has 32 heteroatoms. The summed E-state index contributed by atoms with van der Waals surface area (Å²) in [6.45, 7) is 3.30. The molecule has 9 heterocycles. The van der Waals surface area contributed by atoms with Crippen LogP contribution >= 0.6 is 0 Å². The maximum atomic E-state index is 13.2. The molecule has 3 unspecified atom stereocenters. The molecule has 6 saturated heterocycles. The Bertz CT molecular complexity index is 3600. The minimum atomic E-state index is -4.56. The summed E-state index contributed by atoms with van der Waals surface area (Å²) < 4.78 is 249. The Balaban J connectivity index is 0.000000156. The van der Waals surface area contributed by atoms with Crippen LogP contribution < -0.4 is 44.5 Å². The van der Waals surface area contributed by atoms with E-state index in [1.54, 1.807) is 13.8 Å². The van der Waals surface area contributed by atoms with Crippen molar-refractivity contribution in [1.82, 2.24) is 15.0 Å². The molecule has 9 atom stereocenters. The lowest BCUT2D eigenvalue weighted by Gasteiger charge is -2.39. The van der Waals surface area contributed by atoms with Crippen LogP contribution in [0.1, 0.15) is 124 Å². The van der Waals surface area contributed by atoms with E-state index in [0.717, 1.165) is 112 Å². The van der Waals surface area contributed by atoms with Crippen LogP contribution in [0.25, 0.3) is 0 Å². The number of rotatable bonds is 12. The number of anilines is 3. The van der Waals surface area contributed by atoms with Crippen molar-refractivity contribution in [3.8, 4) is 34.5 Å². The molecule has 3 aromatic heterocycles. The molecule has 14 nitrogen and oxygen atoms in total. The second-order valence-electron chi connectivity index (χ2n) is 24.0. The third kappa shape index (κ3) is 16.5. The molecule has 6 aliphatic heterocycles. The number of fused-ring (bicyclic) bond motifs is 6. The van der Waals surface area contributed by atoms with Crippen molar-refractivity contribution < 1.29 is 108 Å². The minimum Gasteiger partial charge on any atom is -0.504 e. The Morgan fingerprint density at radius 3 is 0.937 bits per heavy atom. The van der Waals surface area contributed by atoms with Gasteiger partial charge in [0.25, 0.3) is 0 Å². The summed E-state index contributed by atoms with van der Waals surface area (Å²) in [5, 5.41) is 13.7. The summed E-state index contributed by atoms with van der Waals surface area (Å²) >= 11 is 0. The van der Waals surface area contributed by atoms with Crippen LogP contribution in [0.2, 0.25) is 0 Å². The molecule has 0 aliphatic carbocycles. The van der Waals surface area contributed by atoms with E-state index in [-0.39, 0.29) is 83.3 Å². The number of nitrogens with zero attached hydrogens (tertiary/aromatic N) is 7. The molecular weight excluding hydrogens is 1310 g/mol. The number of piperidine rings is 3. The zero-order chi connectivity index (χ0) is 68.7. The van der Waals surface area contributed by atoms with Gasteiger partial charge in [0, 0.05) is 93.4 Å². The van der Waals surface area contributed by atoms with Crippen LogP contribution in [-0.4, -0.2) is 80.3 Å². The van der Waals surface area contributed by atoms with E-state index in [0.29, 0.717) is 67.8 Å². The van der Waals surface area contributed by atoms with Crippen LogP contribution in [0, 0.1) is 0 Å². The predicted molar refractivity (Wildman–Crippen MR) is 307 cm³/mol. The van der Waals surface area contributed by atoms with Crippen molar-refractivity contribution in [2.75, 3.05) is 14.7 Å². The predicted octanol–water partition coefficient (Wildman–Crippen LogP) is 16.8. The maximum absolute atomic E-state index is 13.2. The number of oxime groups is 1. The molecule has 0 amide bonds. The third-order valence-electron chi connectivity index (χ3n) is 17.3. The van der Waals surface area contributed by atoms with E-state index in [1.807, 2.05) is 14.7 Å². The lowest BCUT2D eigenvalue weighted by Crippen LogP contribution is -2.46. The van der Waals surface area contributed by atoms with Gasteiger partial charge < -0.3 is 43.7 Å². The summed E-state index contributed by atoms with van der Waals surface area (Å²) in [6.07, 6.45) is -17.3. The number of alkyl halides is 18. The topological polar surface area (TPSA) is 153 Å². The quantitative estimate of drug-likeness (QED) is 0.0679. The van der Waals surface area contributed by atoms with Crippen LogP contribution in [-0.2, 0) is 37.1 Å². The molecule has 514 valence electrons. The normalized spacial score (nSPS) is 23.4. The lowest BCUT2D eigenvalue weighted by atomic mass is 9.99. The van der Waals surface area contributed by atoms with E-state index in [9.17, 15) is 84.1 Å². The highest BCUT2D eigenvalue weighted by Crippen LogP contribution is 2.47. The molecule has 12 rings (SSSR count). The molecule has 6 aliphatic rings. The number of benzene rings is 3. The van der Waals surface area contributed by atoms with Gasteiger partial charge in [-0.2, -0.15) is 84.9 Å². The first-order valence-corrected chi connectivity index (χ1v) is 29.8. The minimum absolute atomic E-state index is 0.00251. The zero-order valence-corrected chi connectivity index (χ0v) is 50.1. The first kappa shape index (κ1) is 69.5. The number of aromatic nitrogens is 3. The van der Waals surface area contributed by atoms with Crippen molar-refractivity contribution in [3.05, 3.63) is 143 Å². The van der Waals surface area contributed by atoms with Gasteiger partial charge in [0.1, 0.15) is 35.8 Å². The molecule has 6 aromatic rings.